The van der Waals surface area contributed by atoms with E-state index in [1.807, 2.05) is 116 Å². The molecular formula is C41H35N5O5S. The number of nitro benzene ring substituents is 1. The molecule has 0 radical (unpaired) electrons. The van der Waals surface area contributed by atoms with Crippen molar-refractivity contribution in [1.29, 1.82) is 0 Å². The Morgan fingerprint density at radius 1 is 0.942 bits per heavy atom. The fraction of sp³-hybridized carbons (Fsp3) is 0.146. The number of non-ortho nitro benzene ring substituents is 1. The van der Waals surface area contributed by atoms with E-state index >= 15 is 0 Å². The molecule has 11 heteroatoms. The summed E-state index contributed by atoms with van der Waals surface area (Å²) in [5.74, 6) is -0.515. The van der Waals surface area contributed by atoms with Crippen LogP contribution in [0.2, 0.25) is 0 Å². The Labute approximate surface area is 303 Å². The Bertz CT molecular complexity index is 2520. The fourth-order valence-corrected chi connectivity index (χ4v) is 7.58. The van der Waals surface area contributed by atoms with Gasteiger partial charge in [0.1, 0.15) is 0 Å². The minimum atomic E-state index is -0.744. The summed E-state index contributed by atoms with van der Waals surface area (Å²) in [6.07, 6.45) is 1.87. The number of fused-ring (bicyclic) bond motifs is 1. The van der Waals surface area contributed by atoms with Gasteiger partial charge in [-0.05, 0) is 66.9 Å². The average Bonchev–Trinajstić information content (AvgIpc) is 3.68. The molecule has 1 aliphatic rings. The third-order valence-electron chi connectivity index (χ3n) is 8.99. The van der Waals surface area contributed by atoms with E-state index in [1.54, 1.807) is 30.5 Å². The number of hydrogen-bond acceptors (Lipinski definition) is 8. The first kappa shape index (κ1) is 34.1. The summed E-state index contributed by atoms with van der Waals surface area (Å²) in [7, 11) is 3.90. The largest absolute Gasteiger partial charge is 0.463 e. The second kappa shape index (κ2) is 14.1. The second-order valence-electron chi connectivity index (χ2n) is 12.5. The highest BCUT2D eigenvalue weighted by Gasteiger charge is 2.33. The number of esters is 1. The highest BCUT2D eigenvalue weighted by molar-refractivity contribution is 7.07. The van der Waals surface area contributed by atoms with E-state index in [9.17, 15) is 19.7 Å². The lowest BCUT2D eigenvalue weighted by Crippen LogP contribution is -2.40. The van der Waals surface area contributed by atoms with E-state index in [2.05, 4.69) is 4.57 Å². The first-order chi connectivity index (χ1) is 25.2. The lowest BCUT2D eigenvalue weighted by Gasteiger charge is -2.25. The Hall–Kier alpha value is -6.33. The minimum absolute atomic E-state index is 0.0110. The van der Waals surface area contributed by atoms with Crippen molar-refractivity contribution in [3.63, 3.8) is 0 Å². The molecule has 0 saturated heterocycles. The van der Waals surface area contributed by atoms with Crippen LogP contribution in [-0.4, -0.2) is 40.7 Å². The number of nitro groups is 1. The van der Waals surface area contributed by atoms with Gasteiger partial charge >= 0.3 is 5.97 Å². The molecule has 0 unspecified atom stereocenters. The zero-order chi connectivity index (χ0) is 36.5. The van der Waals surface area contributed by atoms with Crippen LogP contribution in [-0.2, 0) is 9.53 Å². The number of allylic oxidation sites excluding steroid dienone is 1. The first-order valence-electron chi connectivity index (χ1n) is 16.7. The molecule has 0 spiro atoms. The lowest BCUT2D eigenvalue weighted by molar-refractivity contribution is -0.384. The number of hydrogen-bond donors (Lipinski definition) is 0. The van der Waals surface area contributed by atoms with Crippen molar-refractivity contribution in [3.8, 4) is 28.2 Å². The quantitative estimate of drug-likeness (QED) is 0.0918. The van der Waals surface area contributed by atoms with Crippen molar-refractivity contribution in [2.24, 2.45) is 4.99 Å². The number of carbonyl (C=O) groups excluding carboxylic acids is 1. The predicted molar refractivity (Wildman–Crippen MR) is 204 cm³/mol. The summed E-state index contributed by atoms with van der Waals surface area (Å²) >= 11 is 1.26. The minimum Gasteiger partial charge on any atom is -0.463 e. The molecule has 0 amide bonds. The zero-order valence-electron chi connectivity index (χ0n) is 29.0. The van der Waals surface area contributed by atoms with E-state index in [1.165, 1.54) is 23.5 Å². The van der Waals surface area contributed by atoms with Gasteiger partial charge in [-0.3, -0.25) is 19.5 Å². The first-order valence-corrected chi connectivity index (χ1v) is 17.6. The predicted octanol–water partition coefficient (Wildman–Crippen LogP) is 6.90. The summed E-state index contributed by atoms with van der Waals surface area (Å²) in [6.45, 7) is 3.71. The number of benzene rings is 4. The molecule has 3 heterocycles. The van der Waals surface area contributed by atoms with Crippen molar-refractivity contribution in [2.45, 2.75) is 19.9 Å². The maximum absolute atomic E-state index is 14.6. The van der Waals surface area contributed by atoms with Gasteiger partial charge in [-0.25, -0.2) is 9.79 Å². The molecule has 10 nitrogen and oxygen atoms in total. The Balaban J connectivity index is 1.49. The van der Waals surface area contributed by atoms with Gasteiger partial charge < -0.3 is 14.2 Å². The van der Waals surface area contributed by atoms with Gasteiger partial charge in [-0.1, -0.05) is 84.1 Å². The maximum atomic E-state index is 14.6. The van der Waals surface area contributed by atoms with E-state index in [-0.39, 0.29) is 17.9 Å². The van der Waals surface area contributed by atoms with Gasteiger partial charge in [0.25, 0.3) is 11.2 Å². The fourth-order valence-electron chi connectivity index (χ4n) is 6.55. The summed E-state index contributed by atoms with van der Waals surface area (Å²) in [4.78, 5) is 46.4. The molecule has 0 saturated carbocycles. The van der Waals surface area contributed by atoms with Gasteiger partial charge in [-0.2, -0.15) is 0 Å². The molecule has 4 aromatic carbocycles. The van der Waals surface area contributed by atoms with Crippen LogP contribution in [0.3, 0.4) is 0 Å². The SMILES string of the molecule is CCOC(=O)C1=C(C)N=c2s/c(=C\c3cc(-c4ccccc4)n(-c4ccc([N+](=O)[O-])cc4)c3-c3ccccc3)c(=O)n2[C@H]1c1ccc(N(C)C)cc1. The summed E-state index contributed by atoms with van der Waals surface area (Å²) in [5, 5.41) is 11.5. The van der Waals surface area contributed by atoms with Crippen LogP contribution in [0.15, 0.2) is 136 Å². The highest BCUT2D eigenvalue weighted by Crippen LogP contribution is 2.37. The van der Waals surface area contributed by atoms with Crippen LogP contribution in [0.4, 0.5) is 11.4 Å². The van der Waals surface area contributed by atoms with Gasteiger partial charge in [0.05, 0.1) is 44.8 Å². The zero-order valence-corrected chi connectivity index (χ0v) is 29.8. The number of aromatic nitrogens is 2. The molecule has 0 aliphatic carbocycles. The molecule has 52 heavy (non-hydrogen) atoms. The van der Waals surface area contributed by atoms with Crippen molar-refractivity contribution < 1.29 is 14.5 Å². The molecule has 0 N–H and O–H groups in total. The van der Waals surface area contributed by atoms with Gasteiger partial charge in [0.2, 0.25) is 0 Å². The average molecular weight is 710 g/mol. The van der Waals surface area contributed by atoms with Crippen molar-refractivity contribution in [2.75, 3.05) is 25.6 Å². The van der Waals surface area contributed by atoms with Crippen molar-refractivity contribution in [1.82, 2.24) is 9.13 Å². The van der Waals surface area contributed by atoms with Crippen LogP contribution in [0.5, 0.6) is 0 Å². The molecule has 260 valence electrons. The molecule has 2 aromatic heterocycles. The lowest BCUT2D eigenvalue weighted by atomic mass is 9.95. The van der Waals surface area contributed by atoms with Crippen LogP contribution in [0.1, 0.15) is 31.0 Å². The number of carbonyl (C=O) groups is 1. The number of ether oxygens (including phenoxy) is 1. The van der Waals surface area contributed by atoms with Crippen molar-refractivity contribution >= 4 is 34.8 Å². The smallest absolute Gasteiger partial charge is 0.338 e. The molecule has 0 bridgehead atoms. The molecule has 1 aliphatic heterocycles. The van der Waals surface area contributed by atoms with Gasteiger partial charge in [0, 0.05) is 43.2 Å². The third kappa shape index (κ3) is 6.26. The van der Waals surface area contributed by atoms with Crippen LogP contribution < -0.4 is 19.8 Å². The normalized spacial score (nSPS) is 14.2. The van der Waals surface area contributed by atoms with Gasteiger partial charge in [-0.15, -0.1) is 0 Å². The standard InChI is InChI=1S/C41H35N5O5S/c1-5-51-40(48)36-26(2)42-41-45(38(36)29-16-18-31(19-17-29)43(3)4)39(47)35(52-41)25-30-24-34(27-12-8-6-9-13-27)44(37(30)28-14-10-7-11-15-28)32-20-22-33(23-21-32)46(49)50/h6-25,38H,5H2,1-4H3/b35-25-/t38-/m0/s1. The Morgan fingerprint density at radius 2 is 1.58 bits per heavy atom. The summed E-state index contributed by atoms with van der Waals surface area (Å²) in [5.41, 5.74) is 7.20. The number of rotatable bonds is 9. The van der Waals surface area contributed by atoms with E-state index in [4.69, 9.17) is 9.73 Å². The maximum Gasteiger partial charge on any atom is 0.338 e. The third-order valence-corrected chi connectivity index (χ3v) is 9.98. The number of nitrogens with zero attached hydrogens (tertiary/aromatic N) is 5. The van der Waals surface area contributed by atoms with Crippen LogP contribution >= 0.6 is 11.3 Å². The number of thiazole rings is 1. The monoisotopic (exact) mass is 709 g/mol. The van der Waals surface area contributed by atoms with Crippen LogP contribution in [0.25, 0.3) is 34.3 Å². The van der Waals surface area contributed by atoms with E-state index in [0.717, 1.165) is 45.0 Å². The number of anilines is 1. The van der Waals surface area contributed by atoms with E-state index in [0.29, 0.717) is 20.6 Å². The van der Waals surface area contributed by atoms with Crippen molar-refractivity contribution in [3.05, 3.63) is 167 Å². The summed E-state index contributed by atoms with van der Waals surface area (Å²) in [6, 6.07) is 35.2. The second-order valence-corrected chi connectivity index (χ2v) is 13.5. The molecule has 0 fully saturated rings. The van der Waals surface area contributed by atoms with Crippen LogP contribution in [0, 0.1) is 10.1 Å². The van der Waals surface area contributed by atoms with E-state index < -0.39 is 16.9 Å². The molecular weight excluding hydrogens is 675 g/mol. The topological polar surface area (TPSA) is 112 Å². The molecule has 7 rings (SSSR count). The molecule has 6 aromatic rings. The highest BCUT2D eigenvalue weighted by atomic mass is 32.1. The Kier molecular flexibility index (Phi) is 9.27. The van der Waals surface area contributed by atoms with Gasteiger partial charge in [0.15, 0.2) is 4.80 Å². The summed E-state index contributed by atoms with van der Waals surface area (Å²) < 4.78 is 9.57. The Morgan fingerprint density at radius 3 is 2.17 bits per heavy atom. The molecule has 1 atom stereocenters.